The molecule has 148 valence electrons. The molecule has 1 aromatic heterocycles. The molecule has 1 heterocycles. The summed E-state index contributed by atoms with van der Waals surface area (Å²) in [5.74, 6) is 0.630. The van der Waals surface area contributed by atoms with Crippen molar-refractivity contribution < 1.29 is 13.9 Å². The Hall–Kier alpha value is -3.24. The molecule has 0 fully saturated rings. The third-order valence-electron chi connectivity index (χ3n) is 4.58. The molecule has 29 heavy (non-hydrogen) atoms. The second-order valence-corrected chi connectivity index (χ2v) is 7.42. The minimum atomic E-state index is -0.390. The number of benzene rings is 2. The van der Waals surface area contributed by atoms with Gasteiger partial charge >= 0.3 is 0 Å². The number of amides is 1. The number of hydrogen-bond donors (Lipinski definition) is 1. The highest BCUT2D eigenvalue weighted by Crippen LogP contribution is 2.30. The predicted octanol–water partition coefficient (Wildman–Crippen LogP) is 4.84. The number of anilines is 1. The topological polar surface area (TPSA) is 67.0 Å². The summed E-state index contributed by atoms with van der Waals surface area (Å²) < 4.78 is 20.6. The fraction of sp³-hybridized carbons (Fsp3) is 0.182. The fourth-order valence-electron chi connectivity index (χ4n) is 2.99. The van der Waals surface area contributed by atoms with Gasteiger partial charge in [0.15, 0.2) is 0 Å². The van der Waals surface area contributed by atoms with Crippen molar-refractivity contribution in [2.45, 2.75) is 18.7 Å². The van der Waals surface area contributed by atoms with E-state index >= 15 is 0 Å². The molecule has 0 saturated carbocycles. The third kappa shape index (κ3) is 4.44. The van der Waals surface area contributed by atoms with Gasteiger partial charge in [-0.05, 0) is 61.9 Å². The van der Waals surface area contributed by atoms with Crippen LogP contribution in [0.4, 0.5) is 10.2 Å². The van der Waals surface area contributed by atoms with Crippen molar-refractivity contribution in [1.29, 1.82) is 5.26 Å². The number of carbonyl (C=O) groups is 1. The van der Waals surface area contributed by atoms with Gasteiger partial charge in [0.25, 0.3) is 0 Å². The van der Waals surface area contributed by atoms with E-state index in [1.807, 2.05) is 38.1 Å². The van der Waals surface area contributed by atoms with Crippen LogP contribution in [0, 0.1) is 31.0 Å². The molecule has 0 aliphatic heterocycles. The number of carbonyl (C=O) groups excluding carboxylic acids is 1. The lowest BCUT2D eigenvalue weighted by Gasteiger charge is -2.13. The molecule has 0 saturated heterocycles. The molecule has 0 aliphatic rings. The van der Waals surface area contributed by atoms with Crippen LogP contribution in [0.15, 0.2) is 53.4 Å². The van der Waals surface area contributed by atoms with Gasteiger partial charge in [0.05, 0.1) is 24.1 Å². The summed E-state index contributed by atoms with van der Waals surface area (Å²) >= 11 is 1.38. The largest absolute Gasteiger partial charge is 0.497 e. The minimum absolute atomic E-state index is 0.170. The first kappa shape index (κ1) is 20.5. The maximum Gasteiger partial charge on any atom is 0.235 e. The molecule has 2 aromatic carbocycles. The Morgan fingerprint density at radius 2 is 1.97 bits per heavy atom. The maximum atomic E-state index is 13.8. The van der Waals surface area contributed by atoms with Crippen molar-refractivity contribution >= 4 is 23.5 Å². The molecule has 3 rings (SSSR count). The molecule has 7 heteroatoms. The Balaban J connectivity index is 1.84. The second-order valence-electron chi connectivity index (χ2n) is 6.37. The summed E-state index contributed by atoms with van der Waals surface area (Å²) in [6, 6.07) is 15.6. The van der Waals surface area contributed by atoms with E-state index in [1.165, 1.54) is 23.9 Å². The molecular weight excluding hydrogens is 389 g/mol. The highest BCUT2D eigenvalue weighted by molar-refractivity contribution is 8.00. The molecule has 5 nitrogen and oxygen atoms in total. The van der Waals surface area contributed by atoms with Crippen molar-refractivity contribution in [2.24, 2.45) is 0 Å². The van der Waals surface area contributed by atoms with E-state index < -0.39 is 0 Å². The molecule has 3 aromatic rings. The molecule has 1 amide bonds. The number of hydrogen-bond acceptors (Lipinski definition) is 4. The zero-order chi connectivity index (χ0) is 21.0. The summed E-state index contributed by atoms with van der Waals surface area (Å²) in [5, 5.41) is 12.4. The van der Waals surface area contributed by atoms with Gasteiger partial charge in [0, 0.05) is 10.6 Å². The van der Waals surface area contributed by atoms with Crippen LogP contribution in [0.2, 0.25) is 0 Å². The molecule has 0 spiro atoms. The summed E-state index contributed by atoms with van der Waals surface area (Å²) in [5.41, 5.74) is 2.43. The molecule has 0 aliphatic carbocycles. The van der Waals surface area contributed by atoms with Crippen LogP contribution in [0.1, 0.15) is 16.8 Å². The van der Waals surface area contributed by atoms with Crippen molar-refractivity contribution in [3.63, 3.8) is 0 Å². The molecule has 1 N–H and O–H groups in total. The van der Waals surface area contributed by atoms with E-state index in [2.05, 4.69) is 11.4 Å². The van der Waals surface area contributed by atoms with Crippen LogP contribution in [0.25, 0.3) is 5.69 Å². The van der Waals surface area contributed by atoms with Gasteiger partial charge in [0.2, 0.25) is 5.91 Å². The van der Waals surface area contributed by atoms with Crippen molar-refractivity contribution in [3.05, 3.63) is 71.2 Å². The van der Waals surface area contributed by atoms with Crippen molar-refractivity contribution in [2.75, 3.05) is 18.2 Å². The Labute approximate surface area is 173 Å². The highest BCUT2D eigenvalue weighted by atomic mass is 32.2. The van der Waals surface area contributed by atoms with E-state index in [4.69, 9.17) is 4.74 Å². The third-order valence-corrected chi connectivity index (χ3v) is 5.59. The van der Waals surface area contributed by atoms with E-state index in [9.17, 15) is 14.4 Å². The highest BCUT2D eigenvalue weighted by Gasteiger charge is 2.21. The number of rotatable bonds is 6. The van der Waals surface area contributed by atoms with E-state index in [-0.39, 0.29) is 17.5 Å². The zero-order valence-corrected chi connectivity index (χ0v) is 17.1. The molecule has 0 radical (unpaired) electrons. The normalized spacial score (nSPS) is 10.4. The lowest BCUT2D eigenvalue weighted by atomic mass is 10.2. The molecule has 0 atom stereocenters. The quantitative estimate of drug-likeness (QED) is 0.592. The van der Waals surface area contributed by atoms with Gasteiger partial charge in [-0.3, -0.25) is 9.36 Å². The Bertz CT molecular complexity index is 1080. The number of nitrogens with zero attached hydrogens (tertiary/aromatic N) is 2. The Kier molecular flexibility index (Phi) is 6.25. The number of ether oxygens (including phenoxy) is 1. The van der Waals surface area contributed by atoms with Gasteiger partial charge in [-0.15, -0.1) is 11.8 Å². The maximum absolute atomic E-state index is 13.8. The summed E-state index contributed by atoms with van der Waals surface area (Å²) in [6.45, 7) is 3.65. The molecular formula is C22H20FN3O2S. The summed E-state index contributed by atoms with van der Waals surface area (Å²) in [6.07, 6.45) is 0. The van der Waals surface area contributed by atoms with Crippen LogP contribution in [0.5, 0.6) is 5.75 Å². The van der Waals surface area contributed by atoms with Crippen LogP contribution in [-0.4, -0.2) is 23.3 Å². The SMILES string of the molecule is COc1ccc(SCC(=O)Nc2c(C#N)c(C)c(C)n2-c2cccc(F)c2)cc1. The number of methoxy groups -OCH3 is 1. The monoisotopic (exact) mass is 409 g/mol. The van der Waals surface area contributed by atoms with Crippen LogP contribution >= 0.6 is 11.8 Å². The van der Waals surface area contributed by atoms with Crippen molar-refractivity contribution in [3.8, 4) is 17.5 Å². The minimum Gasteiger partial charge on any atom is -0.497 e. The average Bonchev–Trinajstić information content (AvgIpc) is 2.96. The first-order valence-corrected chi connectivity index (χ1v) is 9.87. The summed E-state index contributed by atoms with van der Waals surface area (Å²) in [7, 11) is 1.60. The van der Waals surface area contributed by atoms with Gasteiger partial charge in [0.1, 0.15) is 23.5 Å². The first-order chi connectivity index (χ1) is 13.9. The Morgan fingerprint density at radius 1 is 1.24 bits per heavy atom. The van der Waals surface area contributed by atoms with Gasteiger partial charge in [-0.25, -0.2) is 4.39 Å². The molecule has 0 unspecified atom stereocenters. The van der Waals surface area contributed by atoms with E-state index in [0.29, 0.717) is 17.1 Å². The standard InChI is InChI=1S/C22H20FN3O2S/c1-14-15(2)26(17-6-4-5-16(23)11-17)22(20(14)12-24)25-21(27)13-29-19-9-7-18(28-3)8-10-19/h4-11H,13H2,1-3H3,(H,25,27). The van der Waals surface area contributed by atoms with E-state index in [0.717, 1.165) is 21.9 Å². The fourth-order valence-corrected chi connectivity index (χ4v) is 3.69. The lowest BCUT2D eigenvalue weighted by Crippen LogP contribution is -2.17. The average molecular weight is 409 g/mol. The number of aromatic nitrogens is 1. The number of thioether (sulfide) groups is 1. The predicted molar refractivity (Wildman–Crippen MR) is 112 cm³/mol. The first-order valence-electron chi connectivity index (χ1n) is 8.89. The van der Waals surface area contributed by atoms with Crippen molar-refractivity contribution in [1.82, 2.24) is 4.57 Å². The van der Waals surface area contributed by atoms with Crippen LogP contribution < -0.4 is 10.1 Å². The van der Waals surface area contributed by atoms with Crippen LogP contribution in [0.3, 0.4) is 0 Å². The Morgan fingerprint density at radius 3 is 2.59 bits per heavy atom. The summed E-state index contributed by atoms with van der Waals surface area (Å²) in [4.78, 5) is 13.5. The second kappa shape index (κ2) is 8.84. The molecule has 0 bridgehead atoms. The number of nitrogens with one attached hydrogen (secondary N) is 1. The van der Waals surface area contributed by atoms with Gasteiger partial charge in [-0.2, -0.15) is 5.26 Å². The van der Waals surface area contributed by atoms with Crippen LogP contribution in [-0.2, 0) is 4.79 Å². The van der Waals surface area contributed by atoms with Gasteiger partial charge < -0.3 is 10.1 Å². The van der Waals surface area contributed by atoms with E-state index in [1.54, 1.807) is 23.8 Å². The lowest BCUT2D eigenvalue weighted by molar-refractivity contribution is -0.113. The van der Waals surface area contributed by atoms with Gasteiger partial charge in [-0.1, -0.05) is 6.07 Å². The smallest absolute Gasteiger partial charge is 0.235 e. The number of halogens is 1. The number of nitriles is 1. The zero-order valence-electron chi connectivity index (χ0n) is 16.3.